The third-order valence-corrected chi connectivity index (χ3v) is 4.86. The summed E-state index contributed by atoms with van der Waals surface area (Å²) in [5, 5.41) is 6.67. The second-order valence-corrected chi connectivity index (χ2v) is 7.24. The maximum atomic E-state index is 5.76. The summed E-state index contributed by atoms with van der Waals surface area (Å²) in [4.78, 5) is 9.17. The number of halogens is 1. The predicted molar refractivity (Wildman–Crippen MR) is 130 cm³/mol. The molecule has 0 aliphatic carbocycles. The molecule has 1 fully saturated rings. The third kappa shape index (κ3) is 8.61. The highest BCUT2D eigenvalue weighted by molar-refractivity contribution is 14.0. The van der Waals surface area contributed by atoms with E-state index < -0.39 is 0 Å². The van der Waals surface area contributed by atoms with Crippen molar-refractivity contribution in [2.24, 2.45) is 10.9 Å². The van der Waals surface area contributed by atoms with Gasteiger partial charge < -0.3 is 24.7 Å². The van der Waals surface area contributed by atoms with E-state index in [1.165, 1.54) is 5.56 Å². The average molecular weight is 527 g/mol. The van der Waals surface area contributed by atoms with Gasteiger partial charge in [-0.05, 0) is 25.3 Å². The Morgan fingerprint density at radius 2 is 2.17 bits per heavy atom. The molecule has 1 aromatic carbocycles. The zero-order chi connectivity index (χ0) is 20.2. The van der Waals surface area contributed by atoms with Crippen LogP contribution in [0.3, 0.4) is 0 Å². The molecule has 1 aliphatic rings. The predicted octanol–water partition coefficient (Wildman–Crippen LogP) is 3.05. The van der Waals surface area contributed by atoms with Crippen LogP contribution in [0.1, 0.15) is 31.2 Å². The molecule has 1 unspecified atom stereocenters. The van der Waals surface area contributed by atoms with Crippen molar-refractivity contribution in [2.45, 2.75) is 32.9 Å². The summed E-state index contributed by atoms with van der Waals surface area (Å²) in [6.07, 6.45) is 5.90. The summed E-state index contributed by atoms with van der Waals surface area (Å²) in [6, 6.07) is 10.4. The number of aromatic nitrogens is 2. The Labute approximate surface area is 196 Å². The number of imidazole rings is 1. The van der Waals surface area contributed by atoms with Gasteiger partial charge in [-0.15, -0.1) is 24.0 Å². The lowest BCUT2D eigenvalue weighted by molar-refractivity contribution is 0.0888. The molecule has 1 aliphatic heterocycles. The third-order valence-electron chi connectivity index (χ3n) is 4.86. The fourth-order valence-corrected chi connectivity index (χ4v) is 3.25. The first-order valence-corrected chi connectivity index (χ1v) is 10.6. The van der Waals surface area contributed by atoms with Crippen LogP contribution in [-0.4, -0.2) is 55.0 Å². The van der Waals surface area contributed by atoms with E-state index in [0.717, 1.165) is 70.7 Å². The number of nitrogens with zero attached hydrogens (tertiary/aromatic N) is 3. The van der Waals surface area contributed by atoms with Gasteiger partial charge in [-0.25, -0.2) is 9.98 Å². The van der Waals surface area contributed by atoms with Crippen molar-refractivity contribution in [1.82, 2.24) is 20.2 Å². The van der Waals surface area contributed by atoms with E-state index in [0.29, 0.717) is 12.5 Å². The molecule has 30 heavy (non-hydrogen) atoms. The van der Waals surface area contributed by atoms with E-state index >= 15 is 0 Å². The SMILES string of the molecule is CCNC(=NCc1nccn1Cc1ccccc1)NCCCOCC1CCOC1.I. The molecule has 2 aromatic rings. The van der Waals surface area contributed by atoms with Gasteiger partial charge >= 0.3 is 0 Å². The van der Waals surface area contributed by atoms with Crippen LogP contribution >= 0.6 is 24.0 Å². The van der Waals surface area contributed by atoms with Gasteiger partial charge in [-0.2, -0.15) is 0 Å². The molecule has 0 amide bonds. The number of ether oxygens (including phenoxy) is 2. The zero-order valence-electron chi connectivity index (χ0n) is 17.8. The Balaban J connectivity index is 0.00000320. The smallest absolute Gasteiger partial charge is 0.191 e. The lowest BCUT2D eigenvalue weighted by Gasteiger charge is -2.12. The molecule has 0 radical (unpaired) electrons. The van der Waals surface area contributed by atoms with Crippen LogP contribution in [0.2, 0.25) is 0 Å². The molecular weight excluding hydrogens is 493 g/mol. The molecule has 2 N–H and O–H groups in total. The van der Waals surface area contributed by atoms with Crippen LogP contribution in [0, 0.1) is 5.92 Å². The van der Waals surface area contributed by atoms with Gasteiger partial charge in [0, 0.05) is 51.2 Å². The summed E-state index contributed by atoms with van der Waals surface area (Å²) >= 11 is 0. The number of aliphatic imine (C=N–C) groups is 1. The molecular formula is C22H34IN5O2. The molecule has 166 valence electrons. The monoisotopic (exact) mass is 527 g/mol. The van der Waals surface area contributed by atoms with Crippen LogP contribution in [0.25, 0.3) is 0 Å². The average Bonchev–Trinajstić information content (AvgIpc) is 3.41. The number of guanidine groups is 1. The molecule has 7 nitrogen and oxygen atoms in total. The van der Waals surface area contributed by atoms with Crippen molar-refractivity contribution in [2.75, 3.05) is 39.5 Å². The van der Waals surface area contributed by atoms with Crippen LogP contribution < -0.4 is 10.6 Å². The molecule has 8 heteroatoms. The molecule has 0 spiro atoms. The summed E-state index contributed by atoms with van der Waals surface area (Å²) in [6.45, 7) is 8.33. The topological polar surface area (TPSA) is 72.7 Å². The van der Waals surface area contributed by atoms with Gasteiger partial charge in [-0.3, -0.25) is 0 Å². The fraction of sp³-hybridized carbons (Fsp3) is 0.545. The summed E-state index contributed by atoms with van der Waals surface area (Å²) in [5.74, 6) is 2.33. The first-order valence-electron chi connectivity index (χ1n) is 10.6. The van der Waals surface area contributed by atoms with E-state index in [1.54, 1.807) is 0 Å². The maximum absolute atomic E-state index is 5.76. The number of hydrogen-bond acceptors (Lipinski definition) is 4. The van der Waals surface area contributed by atoms with Crippen LogP contribution in [0.4, 0.5) is 0 Å². The molecule has 2 heterocycles. The van der Waals surface area contributed by atoms with E-state index in [4.69, 9.17) is 14.5 Å². The van der Waals surface area contributed by atoms with Gasteiger partial charge in [0.1, 0.15) is 12.4 Å². The van der Waals surface area contributed by atoms with E-state index in [-0.39, 0.29) is 24.0 Å². The Hall–Kier alpha value is -1.65. The maximum Gasteiger partial charge on any atom is 0.191 e. The number of hydrogen-bond donors (Lipinski definition) is 2. The van der Waals surface area contributed by atoms with Crippen molar-refractivity contribution in [3.8, 4) is 0 Å². The molecule has 1 aromatic heterocycles. The highest BCUT2D eigenvalue weighted by atomic mass is 127. The standard InChI is InChI=1S/C22H33N5O2.HI/c1-2-23-22(25-10-6-13-28-17-20-9-14-29-18-20)26-15-21-24-11-12-27(21)16-19-7-4-3-5-8-19;/h3-5,7-8,11-12,20H,2,6,9-10,13-18H2,1H3,(H2,23,25,26);1H. The first-order chi connectivity index (χ1) is 14.3. The van der Waals surface area contributed by atoms with Crippen molar-refractivity contribution in [3.63, 3.8) is 0 Å². The Morgan fingerprint density at radius 3 is 2.93 bits per heavy atom. The minimum Gasteiger partial charge on any atom is -0.381 e. The quantitative estimate of drug-likeness (QED) is 0.204. The zero-order valence-corrected chi connectivity index (χ0v) is 20.1. The molecule has 0 bridgehead atoms. The Kier molecular flexibility index (Phi) is 11.8. The largest absolute Gasteiger partial charge is 0.381 e. The Morgan fingerprint density at radius 1 is 1.30 bits per heavy atom. The van der Waals surface area contributed by atoms with Crippen LogP contribution in [0.5, 0.6) is 0 Å². The van der Waals surface area contributed by atoms with E-state index in [2.05, 4.69) is 51.4 Å². The lowest BCUT2D eigenvalue weighted by Crippen LogP contribution is -2.38. The van der Waals surface area contributed by atoms with Crippen molar-refractivity contribution < 1.29 is 9.47 Å². The highest BCUT2D eigenvalue weighted by Crippen LogP contribution is 2.12. The van der Waals surface area contributed by atoms with Crippen molar-refractivity contribution >= 4 is 29.9 Å². The number of rotatable bonds is 11. The summed E-state index contributed by atoms with van der Waals surface area (Å²) in [5.41, 5.74) is 1.25. The van der Waals surface area contributed by atoms with Crippen molar-refractivity contribution in [3.05, 3.63) is 54.1 Å². The van der Waals surface area contributed by atoms with Gasteiger partial charge in [0.25, 0.3) is 0 Å². The summed E-state index contributed by atoms with van der Waals surface area (Å²) in [7, 11) is 0. The van der Waals surface area contributed by atoms with Crippen molar-refractivity contribution in [1.29, 1.82) is 0 Å². The number of benzene rings is 1. The fourth-order valence-electron chi connectivity index (χ4n) is 3.25. The molecule has 1 saturated heterocycles. The normalized spacial score (nSPS) is 16.3. The number of nitrogens with one attached hydrogen (secondary N) is 2. The Bertz CT molecular complexity index is 732. The lowest BCUT2D eigenvalue weighted by atomic mass is 10.1. The second kappa shape index (κ2) is 14.4. The van der Waals surface area contributed by atoms with Gasteiger partial charge in [0.15, 0.2) is 5.96 Å². The van der Waals surface area contributed by atoms with Crippen LogP contribution in [-0.2, 0) is 22.6 Å². The molecule has 3 rings (SSSR count). The first kappa shape index (κ1) is 24.6. The minimum atomic E-state index is 0. The molecule has 1 atom stereocenters. The highest BCUT2D eigenvalue weighted by Gasteiger charge is 2.15. The molecule has 0 saturated carbocycles. The minimum absolute atomic E-state index is 0. The van der Waals surface area contributed by atoms with Crippen LogP contribution in [0.15, 0.2) is 47.7 Å². The van der Waals surface area contributed by atoms with E-state index in [1.807, 2.05) is 18.5 Å². The van der Waals surface area contributed by atoms with Gasteiger partial charge in [-0.1, -0.05) is 30.3 Å². The second-order valence-electron chi connectivity index (χ2n) is 7.24. The summed E-state index contributed by atoms with van der Waals surface area (Å²) < 4.78 is 13.3. The van der Waals surface area contributed by atoms with E-state index in [9.17, 15) is 0 Å². The van der Waals surface area contributed by atoms with Gasteiger partial charge in [0.05, 0.1) is 13.2 Å². The van der Waals surface area contributed by atoms with Gasteiger partial charge in [0.2, 0.25) is 0 Å².